The highest BCUT2D eigenvalue weighted by Crippen LogP contribution is 2.35. The van der Waals surface area contributed by atoms with Gasteiger partial charge in [-0.05, 0) is 65.3 Å². The van der Waals surface area contributed by atoms with Gasteiger partial charge in [-0.1, -0.05) is 71.9 Å². The van der Waals surface area contributed by atoms with Gasteiger partial charge < -0.3 is 15.7 Å². The van der Waals surface area contributed by atoms with Crippen LogP contribution in [0.1, 0.15) is 100.0 Å². The molecule has 1 fully saturated rings. The summed E-state index contributed by atoms with van der Waals surface area (Å²) in [4.78, 5) is 27.3. The van der Waals surface area contributed by atoms with E-state index in [2.05, 4.69) is 18.6 Å². The number of nitrogen functional groups attached to an aromatic ring is 1. The van der Waals surface area contributed by atoms with Crippen molar-refractivity contribution in [3.05, 3.63) is 64.2 Å². The monoisotopic (exact) mass is 584 g/mol. The van der Waals surface area contributed by atoms with Crippen molar-refractivity contribution in [1.82, 2.24) is 9.62 Å². The van der Waals surface area contributed by atoms with Gasteiger partial charge in [0.25, 0.3) is 0 Å². The first-order chi connectivity index (χ1) is 19.1. The molecule has 224 valence electrons. The van der Waals surface area contributed by atoms with E-state index >= 15 is 0 Å². The van der Waals surface area contributed by atoms with Crippen LogP contribution in [0.2, 0.25) is 0 Å². The first-order valence-electron chi connectivity index (χ1n) is 14.3. The topological polar surface area (TPSA) is 154 Å². The minimum Gasteiger partial charge on any atom is -0.481 e. The molecular formula is C31H44N4O5S. The van der Waals surface area contributed by atoms with E-state index in [4.69, 9.17) is 11.1 Å². The zero-order valence-corrected chi connectivity index (χ0v) is 25.7. The number of carboxylic acid groups (broad SMARTS) is 1. The van der Waals surface area contributed by atoms with Gasteiger partial charge in [0.05, 0.1) is 10.8 Å². The predicted molar refractivity (Wildman–Crippen MR) is 161 cm³/mol. The van der Waals surface area contributed by atoms with E-state index in [0.717, 1.165) is 5.56 Å². The number of likely N-dealkylation sites (tertiary alicyclic amines) is 1. The van der Waals surface area contributed by atoms with Crippen molar-refractivity contribution in [1.29, 1.82) is 5.41 Å². The van der Waals surface area contributed by atoms with Crippen LogP contribution in [0, 0.1) is 11.3 Å². The van der Waals surface area contributed by atoms with Crippen molar-refractivity contribution < 1.29 is 23.1 Å². The fourth-order valence-electron chi connectivity index (χ4n) is 5.33. The lowest BCUT2D eigenvalue weighted by atomic mass is 9.89. The van der Waals surface area contributed by atoms with Gasteiger partial charge in [-0.2, -0.15) is 4.72 Å². The van der Waals surface area contributed by atoms with Crippen LogP contribution in [0.25, 0.3) is 0 Å². The highest BCUT2D eigenvalue weighted by atomic mass is 32.2. The van der Waals surface area contributed by atoms with Crippen LogP contribution in [0.3, 0.4) is 0 Å². The van der Waals surface area contributed by atoms with Gasteiger partial charge in [0.2, 0.25) is 15.9 Å². The number of amides is 1. The number of benzene rings is 2. The third-order valence-electron chi connectivity index (χ3n) is 7.70. The molecule has 10 heteroatoms. The van der Waals surface area contributed by atoms with Gasteiger partial charge >= 0.3 is 5.97 Å². The van der Waals surface area contributed by atoms with E-state index in [-0.39, 0.29) is 41.5 Å². The van der Waals surface area contributed by atoms with Crippen molar-refractivity contribution >= 4 is 27.7 Å². The molecule has 2 aromatic carbocycles. The zero-order chi connectivity index (χ0) is 30.6. The molecule has 1 heterocycles. The molecule has 1 saturated heterocycles. The normalized spacial score (nSPS) is 16.8. The highest BCUT2D eigenvalue weighted by molar-refractivity contribution is 7.89. The maximum absolute atomic E-state index is 14.3. The number of carbonyl (C=O) groups is 2. The average Bonchev–Trinajstić information content (AvgIpc) is 2.91. The summed E-state index contributed by atoms with van der Waals surface area (Å²) < 4.78 is 31.3. The molecule has 3 rings (SSSR count). The molecule has 1 aliphatic heterocycles. The number of sulfonamides is 1. The summed E-state index contributed by atoms with van der Waals surface area (Å²) in [5, 5.41) is 17.4. The third-order valence-corrected chi connectivity index (χ3v) is 9.31. The second kappa shape index (κ2) is 13.2. The van der Waals surface area contributed by atoms with Gasteiger partial charge in [-0.3, -0.25) is 15.0 Å². The molecule has 0 aliphatic carbocycles. The molecule has 2 aromatic rings. The number of amidine groups is 1. The SMILES string of the molecule is CC(C)c1cc(C(C)C)c(S(=O)(=O)N[C@@H](Cc2cccc(C(=N)N)c2)C(=O)N2CCC[C@H](C(=O)O)C2)c(C(C)C)c1. The minimum absolute atomic E-state index is 0.0194. The smallest absolute Gasteiger partial charge is 0.308 e. The van der Waals surface area contributed by atoms with Crippen LogP contribution in [-0.4, -0.2) is 55.3 Å². The summed E-state index contributed by atoms with van der Waals surface area (Å²) in [7, 11) is -4.19. The van der Waals surface area contributed by atoms with Crippen LogP contribution in [0.15, 0.2) is 41.3 Å². The van der Waals surface area contributed by atoms with Gasteiger partial charge in [-0.25, -0.2) is 8.42 Å². The van der Waals surface area contributed by atoms with Gasteiger partial charge in [-0.15, -0.1) is 0 Å². The lowest BCUT2D eigenvalue weighted by Crippen LogP contribution is -2.53. The minimum atomic E-state index is -4.19. The Hall–Kier alpha value is -3.24. The molecule has 5 N–H and O–H groups in total. The molecule has 2 atom stereocenters. The number of carboxylic acids is 1. The molecule has 1 aliphatic rings. The number of nitrogens with two attached hydrogens (primary N) is 1. The Kier molecular flexibility index (Phi) is 10.4. The van der Waals surface area contributed by atoms with Crippen LogP contribution in [0.5, 0.6) is 0 Å². The maximum atomic E-state index is 14.3. The van der Waals surface area contributed by atoms with E-state index in [9.17, 15) is 23.1 Å². The van der Waals surface area contributed by atoms with Crippen molar-refractivity contribution in [2.75, 3.05) is 13.1 Å². The summed E-state index contributed by atoms with van der Waals surface area (Å²) >= 11 is 0. The second-order valence-corrected chi connectivity index (χ2v) is 13.6. The summed E-state index contributed by atoms with van der Waals surface area (Å²) in [6.45, 7) is 12.3. The standard InChI is InChI=1S/C31H44N4O5S/c1-18(2)24-15-25(19(3)4)28(26(16-24)20(5)6)41(39,40)34-27(14-21-9-7-10-22(13-21)29(32)33)30(36)35-12-8-11-23(17-35)31(37)38/h7,9-10,13,15-16,18-20,23,27,34H,8,11-12,14,17H2,1-6H3,(H3,32,33)(H,37,38)/t23-,27-/m0/s1. The third kappa shape index (κ3) is 7.74. The number of nitrogens with zero attached hydrogens (tertiary/aromatic N) is 1. The summed E-state index contributed by atoms with van der Waals surface area (Å²) in [6.07, 6.45) is 1.01. The Morgan fingerprint density at radius 1 is 1.05 bits per heavy atom. The molecule has 0 unspecified atom stereocenters. The summed E-state index contributed by atoms with van der Waals surface area (Å²) in [6, 6.07) is 9.53. The van der Waals surface area contributed by atoms with Crippen molar-refractivity contribution in [2.24, 2.45) is 11.7 Å². The largest absolute Gasteiger partial charge is 0.481 e. The number of carbonyl (C=O) groups excluding carboxylic acids is 1. The van der Waals surface area contributed by atoms with Crippen LogP contribution < -0.4 is 10.5 Å². The van der Waals surface area contributed by atoms with Gasteiger partial charge in [0.15, 0.2) is 0 Å². The predicted octanol–water partition coefficient (Wildman–Crippen LogP) is 4.55. The Morgan fingerprint density at radius 3 is 2.17 bits per heavy atom. The van der Waals surface area contributed by atoms with Crippen molar-refractivity contribution in [3.63, 3.8) is 0 Å². The van der Waals surface area contributed by atoms with Crippen molar-refractivity contribution in [2.45, 2.75) is 89.5 Å². The zero-order valence-electron chi connectivity index (χ0n) is 24.9. The number of piperidine rings is 1. The first-order valence-corrected chi connectivity index (χ1v) is 15.8. The molecule has 1 amide bonds. The Balaban J connectivity index is 2.11. The maximum Gasteiger partial charge on any atom is 0.308 e. The highest BCUT2D eigenvalue weighted by Gasteiger charge is 2.36. The Labute approximate surface area is 244 Å². The van der Waals surface area contributed by atoms with Crippen LogP contribution in [0.4, 0.5) is 0 Å². The van der Waals surface area contributed by atoms with Crippen LogP contribution >= 0.6 is 0 Å². The molecular weight excluding hydrogens is 540 g/mol. The Bertz CT molecular complexity index is 1370. The molecule has 0 spiro atoms. The number of hydrogen-bond acceptors (Lipinski definition) is 5. The van der Waals surface area contributed by atoms with Gasteiger partial charge in [0, 0.05) is 18.7 Å². The molecule has 0 radical (unpaired) electrons. The number of nitrogens with one attached hydrogen (secondary N) is 2. The number of hydrogen-bond donors (Lipinski definition) is 4. The number of aliphatic carboxylic acids is 1. The van der Waals surface area contributed by atoms with E-state index in [1.165, 1.54) is 4.90 Å². The lowest BCUT2D eigenvalue weighted by Gasteiger charge is -2.34. The summed E-state index contributed by atoms with van der Waals surface area (Å²) in [5.74, 6) is -2.24. The van der Waals surface area contributed by atoms with E-state index in [0.29, 0.717) is 41.6 Å². The molecule has 9 nitrogen and oxygen atoms in total. The molecule has 0 aromatic heterocycles. The van der Waals surface area contributed by atoms with E-state index in [1.807, 2.05) is 39.8 Å². The van der Waals surface area contributed by atoms with E-state index < -0.39 is 33.9 Å². The van der Waals surface area contributed by atoms with Gasteiger partial charge in [0.1, 0.15) is 11.9 Å². The fraction of sp³-hybridized carbons (Fsp3) is 0.516. The van der Waals surface area contributed by atoms with Crippen molar-refractivity contribution in [3.8, 4) is 0 Å². The lowest BCUT2D eigenvalue weighted by molar-refractivity contribution is -0.146. The van der Waals surface area contributed by atoms with E-state index in [1.54, 1.807) is 24.3 Å². The summed E-state index contributed by atoms with van der Waals surface area (Å²) in [5.41, 5.74) is 9.22. The Morgan fingerprint density at radius 2 is 1.66 bits per heavy atom. The second-order valence-electron chi connectivity index (χ2n) is 11.9. The van der Waals surface area contributed by atoms with Crippen LogP contribution in [-0.2, 0) is 26.0 Å². The fourth-order valence-corrected chi connectivity index (χ4v) is 7.21. The number of rotatable bonds is 11. The first kappa shape index (κ1) is 32.3. The molecule has 0 saturated carbocycles. The average molecular weight is 585 g/mol. The quantitative estimate of drug-likeness (QED) is 0.224. The molecule has 41 heavy (non-hydrogen) atoms. The molecule has 0 bridgehead atoms.